The number of rotatable bonds is 4. The summed E-state index contributed by atoms with van der Waals surface area (Å²) in [6.07, 6.45) is 3.81. The second kappa shape index (κ2) is 7.58. The first-order valence-electron chi connectivity index (χ1n) is 8.17. The van der Waals surface area contributed by atoms with Crippen molar-refractivity contribution < 1.29 is 4.74 Å². The quantitative estimate of drug-likeness (QED) is 0.837. The Bertz CT molecular complexity index is 791. The Morgan fingerprint density at radius 3 is 2.96 bits per heavy atom. The van der Waals surface area contributed by atoms with Crippen molar-refractivity contribution >= 4 is 23.2 Å². The Morgan fingerprint density at radius 2 is 2.24 bits per heavy atom. The molecule has 0 saturated carbocycles. The summed E-state index contributed by atoms with van der Waals surface area (Å²) >= 11 is 6.38. The van der Waals surface area contributed by atoms with Crippen molar-refractivity contribution in [3.63, 3.8) is 0 Å². The number of benzene rings is 1. The Kier molecular flexibility index (Phi) is 5.25. The largest absolute Gasteiger partial charge is 0.481 e. The molecule has 0 bridgehead atoms. The molecule has 1 aliphatic heterocycles. The molecule has 0 amide bonds. The maximum Gasteiger partial charge on any atom is 0.228 e. The van der Waals surface area contributed by atoms with Gasteiger partial charge in [-0.05, 0) is 31.0 Å². The van der Waals surface area contributed by atoms with Crippen LogP contribution in [0.2, 0.25) is 5.02 Å². The van der Waals surface area contributed by atoms with Gasteiger partial charge in [-0.15, -0.1) is 0 Å². The first-order valence-corrected chi connectivity index (χ1v) is 8.54. The molecular formula is C18H20ClN5O. The van der Waals surface area contributed by atoms with E-state index < -0.39 is 0 Å². The first-order chi connectivity index (χ1) is 12.1. The smallest absolute Gasteiger partial charge is 0.228 e. The Labute approximate surface area is 152 Å². The van der Waals surface area contributed by atoms with Crippen molar-refractivity contribution in [3.05, 3.63) is 41.0 Å². The van der Waals surface area contributed by atoms with E-state index in [2.05, 4.69) is 25.8 Å². The lowest BCUT2D eigenvalue weighted by molar-refractivity contribution is 0.395. The van der Waals surface area contributed by atoms with Crippen molar-refractivity contribution in [1.82, 2.24) is 9.97 Å². The number of likely N-dealkylation sites (N-methyl/N-ethyl adjacent to an activating group) is 1. The summed E-state index contributed by atoms with van der Waals surface area (Å²) in [5.74, 6) is 1.21. The topological polar surface area (TPSA) is 65.3 Å². The number of halogens is 1. The van der Waals surface area contributed by atoms with E-state index in [-0.39, 0.29) is 6.04 Å². The zero-order valence-corrected chi connectivity index (χ0v) is 15.1. The molecule has 1 fully saturated rings. The molecule has 6 nitrogen and oxygen atoms in total. The third-order valence-corrected chi connectivity index (χ3v) is 4.81. The number of anilines is 2. The molecule has 0 aliphatic carbocycles. The van der Waals surface area contributed by atoms with E-state index in [0.717, 1.165) is 31.6 Å². The normalized spacial score (nSPS) is 17.0. The van der Waals surface area contributed by atoms with Gasteiger partial charge in [-0.3, -0.25) is 0 Å². The molecule has 1 aromatic carbocycles. The molecule has 0 N–H and O–H groups in total. The molecule has 1 saturated heterocycles. The summed E-state index contributed by atoms with van der Waals surface area (Å²) in [6.45, 7) is 1.76. The number of ether oxygens (including phenoxy) is 1. The van der Waals surface area contributed by atoms with Gasteiger partial charge in [0.05, 0.1) is 29.5 Å². The molecule has 0 spiro atoms. The average molecular weight is 358 g/mol. The van der Waals surface area contributed by atoms with Gasteiger partial charge in [-0.2, -0.15) is 10.2 Å². The predicted molar refractivity (Wildman–Crippen MR) is 98.4 cm³/mol. The SMILES string of the molecule is COc1ccnc(N(C)C2CCCN(c3ccc(C#N)cc3Cl)C2)n1. The van der Waals surface area contributed by atoms with Gasteiger partial charge >= 0.3 is 0 Å². The molecule has 0 radical (unpaired) electrons. The fourth-order valence-electron chi connectivity index (χ4n) is 3.10. The van der Waals surface area contributed by atoms with Crippen LogP contribution in [0.3, 0.4) is 0 Å². The highest BCUT2D eigenvalue weighted by Crippen LogP contribution is 2.30. The lowest BCUT2D eigenvalue weighted by Crippen LogP contribution is -2.47. The second-order valence-corrected chi connectivity index (χ2v) is 6.44. The molecular weight excluding hydrogens is 338 g/mol. The van der Waals surface area contributed by atoms with Gasteiger partial charge < -0.3 is 14.5 Å². The number of hydrogen-bond acceptors (Lipinski definition) is 6. The molecule has 2 aromatic rings. The van der Waals surface area contributed by atoms with Crippen LogP contribution in [0.25, 0.3) is 0 Å². The number of nitriles is 1. The van der Waals surface area contributed by atoms with Gasteiger partial charge in [-0.25, -0.2) is 4.98 Å². The number of nitrogens with zero attached hydrogens (tertiary/aromatic N) is 5. The summed E-state index contributed by atoms with van der Waals surface area (Å²) < 4.78 is 5.19. The molecule has 130 valence electrons. The number of aromatic nitrogens is 2. The van der Waals surface area contributed by atoms with Crippen molar-refractivity contribution in [2.24, 2.45) is 0 Å². The van der Waals surface area contributed by atoms with Crippen LogP contribution in [-0.2, 0) is 0 Å². The monoisotopic (exact) mass is 357 g/mol. The number of methoxy groups -OCH3 is 1. The first kappa shape index (κ1) is 17.3. The van der Waals surface area contributed by atoms with Gasteiger partial charge in [-0.1, -0.05) is 11.6 Å². The molecule has 7 heteroatoms. The van der Waals surface area contributed by atoms with Crippen molar-refractivity contribution in [2.75, 3.05) is 37.0 Å². The molecule has 3 rings (SSSR count). The van der Waals surface area contributed by atoms with Crippen LogP contribution in [0.15, 0.2) is 30.5 Å². The maximum atomic E-state index is 8.99. The van der Waals surface area contributed by atoms with Crippen LogP contribution in [0.1, 0.15) is 18.4 Å². The fraction of sp³-hybridized carbons (Fsp3) is 0.389. The molecule has 2 heterocycles. The number of piperidine rings is 1. The summed E-state index contributed by atoms with van der Waals surface area (Å²) in [5, 5.41) is 9.60. The molecule has 1 aliphatic rings. The second-order valence-electron chi connectivity index (χ2n) is 6.03. The third kappa shape index (κ3) is 3.77. The van der Waals surface area contributed by atoms with Crippen LogP contribution in [-0.4, -0.2) is 43.3 Å². The van der Waals surface area contributed by atoms with E-state index in [1.807, 2.05) is 13.1 Å². The van der Waals surface area contributed by atoms with E-state index in [0.29, 0.717) is 22.4 Å². The van der Waals surface area contributed by atoms with Crippen molar-refractivity contribution in [1.29, 1.82) is 5.26 Å². The van der Waals surface area contributed by atoms with E-state index >= 15 is 0 Å². The van der Waals surface area contributed by atoms with Gasteiger partial charge in [0.25, 0.3) is 0 Å². The van der Waals surface area contributed by atoms with Crippen LogP contribution in [0.4, 0.5) is 11.6 Å². The summed E-state index contributed by atoms with van der Waals surface area (Å²) in [5.41, 5.74) is 1.54. The highest BCUT2D eigenvalue weighted by atomic mass is 35.5. The van der Waals surface area contributed by atoms with Crippen molar-refractivity contribution in [2.45, 2.75) is 18.9 Å². The minimum Gasteiger partial charge on any atom is -0.481 e. The molecule has 1 unspecified atom stereocenters. The predicted octanol–water partition coefficient (Wildman–Crippen LogP) is 3.12. The molecule has 1 atom stereocenters. The van der Waals surface area contributed by atoms with Gasteiger partial charge in [0.2, 0.25) is 11.8 Å². The molecule has 25 heavy (non-hydrogen) atoms. The van der Waals surface area contributed by atoms with Crippen LogP contribution in [0, 0.1) is 11.3 Å². The van der Waals surface area contributed by atoms with Crippen LogP contribution < -0.4 is 14.5 Å². The molecule has 1 aromatic heterocycles. The van der Waals surface area contributed by atoms with Gasteiger partial charge in [0, 0.05) is 38.4 Å². The van der Waals surface area contributed by atoms with Gasteiger partial charge in [0.1, 0.15) is 0 Å². The van der Waals surface area contributed by atoms with E-state index in [9.17, 15) is 0 Å². The standard InChI is InChI=1S/C18H20ClN5O/c1-23(18-21-8-7-17(22-18)25-2)14-4-3-9-24(12-14)16-6-5-13(11-20)10-15(16)19/h5-8,10,14H,3-4,9,12H2,1-2H3. The Balaban J connectivity index is 1.77. The highest BCUT2D eigenvalue weighted by Gasteiger charge is 2.26. The minimum absolute atomic E-state index is 0.271. The third-order valence-electron chi connectivity index (χ3n) is 4.50. The Morgan fingerprint density at radius 1 is 1.40 bits per heavy atom. The number of hydrogen-bond donors (Lipinski definition) is 0. The summed E-state index contributed by atoms with van der Waals surface area (Å²) in [6, 6.07) is 9.57. The van der Waals surface area contributed by atoms with Crippen molar-refractivity contribution in [3.8, 4) is 11.9 Å². The Hall–Kier alpha value is -2.52. The summed E-state index contributed by atoms with van der Waals surface area (Å²) in [7, 11) is 3.60. The highest BCUT2D eigenvalue weighted by molar-refractivity contribution is 6.33. The van der Waals surface area contributed by atoms with Crippen LogP contribution in [0.5, 0.6) is 5.88 Å². The van der Waals surface area contributed by atoms with E-state index in [1.165, 1.54) is 0 Å². The summed E-state index contributed by atoms with van der Waals surface area (Å²) in [4.78, 5) is 13.1. The lowest BCUT2D eigenvalue weighted by atomic mass is 10.0. The maximum absolute atomic E-state index is 8.99. The lowest BCUT2D eigenvalue weighted by Gasteiger charge is -2.39. The minimum atomic E-state index is 0.271. The van der Waals surface area contributed by atoms with E-state index in [4.69, 9.17) is 21.6 Å². The zero-order chi connectivity index (χ0) is 17.8. The van der Waals surface area contributed by atoms with Crippen LogP contribution >= 0.6 is 11.6 Å². The van der Waals surface area contributed by atoms with Gasteiger partial charge in [0.15, 0.2) is 0 Å². The van der Waals surface area contributed by atoms with E-state index in [1.54, 1.807) is 31.5 Å². The average Bonchev–Trinajstić information content (AvgIpc) is 2.67. The fourth-order valence-corrected chi connectivity index (χ4v) is 3.40. The zero-order valence-electron chi connectivity index (χ0n) is 14.3.